The maximum Gasteiger partial charge on any atom is 0.305 e. The zero-order chi connectivity index (χ0) is 18.1. The highest BCUT2D eigenvalue weighted by Crippen LogP contribution is 2.40. The van der Waals surface area contributed by atoms with Gasteiger partial charge < -0.3 is 28.4 Å². The van der Waals surface area contributed by atoms with Gasteiger partial charge in [-0.2, -0.15) is 0 Å². The molecule has 2 rings (SSSR count). The van der Waals surface area contributed by atoms with Crippen molar-refractivity contribution in [2.75, 3.05) is 6.61 Å². The Labute approximate surface area is 139 Å². The van der Waals surface area contributed by atoms with Gasteiger partial charge in [0.1, 0.15) is 18.8 Å². The lowest BCUT2D eigenvalue weighted by atomic mass is 10.1. The van der Waals surface area contributed by atoms with Crippen LogP contribution in [0.15, 0.2) is 0 Å². The molecule has 0 radical (unpaired) electrons. The summed E-state index contributed by atoms with van der Waals surface area (Å²) in [6, 6.07) is 0. The SMILES string of the molecule is CC(=O)OC[C@@H](OC(C)=O)[C@H]1O[C@H](OC(C)=O)[C@H]2OC(C)(C)O[C@H]21. The molecule has 24 heavy (non-hydrogen) atoms. The van der Waals surface area contributed by atoms with Crippen molar-refractivity contribution in [3.05, 3.63) is 0 Å². The quantitative estimate of drug-likeness (QED) is 0.513. The normalized spacial score (nSPS) is 31.9. The van der Waals surface area contributed by atoms with E-state index in [0.717, 1.165) is 0 Å². The number of hydrogen-bond acceptors (Lipinski definition) is 9. The number of rotatable bonds is 5. The Kier molecular flexibility index (Phi) is 5.46. The number of hydrogen-bond donors (Lipinski definition) is 0. The number of esters is 3. The lowest BCUT2D eigenvalue weighted by molar-refractivity contribution is -0.243. The van der Waals surface area contributed by atoms with Gasteiger partial charge in [0, 0.05) is 20.8 Å². The van der Waals surface area contributed by atoms with Gasteiger partial charge in [-0.05, 0) is 13.8 Å². The predicted molar refractivity (Wildman–Crippen MR) is 76.4 cm³/mol. The minimum atomic E-state index is -1.00. The maximum atomic E-state index is 11.4. The summed E-state index contributed by atoms with van der Waals surface area (Å²) in [4.78, 5) is 33.7. The van der Waals surface area contributed by atoms with Gasteiger partial charge in [-0.15, -0.1) is 0 Å². The molecule has 136 valence electrons. The van der Waals surface area contributed by atoms with Crippen LogP contribution in [0, 0.1) is 0 Å². The predicted octanol–water partition coefficient (Wildman–Crippen LogP) is 0.289. The second-order valence-corrected chi connectivity index (χ2v) is 6.09. The van der Waals surface area contributed by atoms with E-state index in [0.29, 0.717) is 0 Å². The molecule has 0 aromatic carbocycles. The average Bonchev–Trinajstić information content (AvgIpc) is 2.88. The fraction of sp³-hybridized carbons (Fsp3) is 0.800. The van der Waals surface area contributed by atoms with Crippen LogP contribution in [0.25, 0.3) is 0 Å². The van der Waals surface area contributed by atoms with E-state index in [1.165, 1.54) is 20.8 Å². The summed E-state index contributed by atoms with van der Waals surface area (Å²) in [5, 5.41) is 0. The first-order valence-corrected chi connectivity index (χ1v) is 7.58. The molecule has 0 aromatic heterocycles. The summed E-state index contributed by atoms with van der Waals surface area (Å²) in [6.45, 7) is 6.92. The van der Waals surface area contributed by atoms with Crippen molar-refractivity contribution in [1.29, 1.82) is 0 Å². The number of carbonyl (C=O) groups is 3. The molecule has 0 spiro atoms. The van der Waals surface area contributed by atoms with Crippen LogP contribution in [-0.4, -0.2) is 61.0 Å². The van der Waals surface area contributed by atoms with Gasteiger partial charge in [-0.1, -0.05) is 0 Å². The van der Waals surface area contributed by atoms with Crippen molar-refractivity contribution in [3.8, 4) is 0 Å². The van der Waals surface area contributed by atoms with E-state index in [-0.39, 0.29) is 6.61 Å². The Bertz CT molecular complexity index is 515. The highest BCUT2D eigenvalue weighted by Gasteiger charge is 2.59. The summed E-state index contributed by atoms with van der Waals surface area (Å²) < 4.78 is 32.4. The highest BCUT2D eigenvalue weighted by atomic mass is 16.8. The van der Waals surface area contributed by atoms with Crippen molar-refractivity contribution in [2.45, 2.75) is 71.1 Å². The third-order valence-electron chi connectivity index (χ3n) is 3.46. The molecule has 2 saturated heterocycles. The lowest BCUT2D eigenvalue weighted by Gasteiger charge is -2.28. The summed E-state index contributed by atoms with van der Waals surface area (Å²) in [7, 11) is 0. The lowest BCUT2D eigenvalue weighted by Crippen LogP contribution is -2.43. The van der Waals surface area contributed by atoms with Gasteiger partial charge in [0.2, 0.25) is 6.29 Å². The van der Waals surface area contributed by atoms with Gasteiger partial charge in [-0.3, -0.25) is 14.4 Å². The highest BCUT2D eigenvalue weighted by molar-refractivity contribution is 5.67. The topological polar surface area (TPSA) is 107 Å². The number of fused-ring (bicyclic) bond motifs is 1. The van der Waals surface area contributed by atoms with Crippen molar-refractivity contribution < 1.29 is 42.8 Å². The fourth-order valence-corrected chi connectivity index (χ4v) is 2.76. The zero-order valence-electron chi connectivity index (χ0n) is 14.3. The van der Waals surface area contributed by atoms with Crippen LogP contribution in [0.1, 0.15) is 34.6 Å². The summed E-state index contributed by atoms with van der Waals surface area (Å²) in [5.41, 5.74) is 0. The van der Waals surface area contributed by atoms with Crippen LogP contribution in [0.4, 0.5) is 0 Å². The Hall–Kier alpha value is -1.71. The molecule has 0 aromatic rings. The molecular formula is C15H22O9. The zero-order valence-corrected chi connectivity index (χ0v) is 14.3. The molecule has 2 aliphatic rings. The van der Waals surface area contributed by atoms with Crippen LogP contribution in [0.3, 0.4) is 0 Å². The minimum Gasteiger partial charge on any atom is -0.462 e. The Morgan fingerprint density at radius 2 is 1.62 bits per heavy atom. The van der Waals surface area contributed by atoms with Crippen molar-refractivity contribution in [3.63, 3.8) is 0 Å². The van der Waals surface area contributed by atoms with E-state index in [1.807, 2.05) is 0 Å². The molecule has 0 aliphatic carbocycles. The first-order chi connectivity index (χ1) is 11.1. The maximum absolute atomic E-state index is 11.4. The van der Waals surface area contributed by atoms with E-state index in [2.05, 4.69) is 0 Å². The third-order valence-corrected chi connectivity index (χ3v) is 3.46. The first kappa shape index (κ1) is 18.6. The van der Waals surface area contributed by atoms with Crippen molar-refractivity contribution >= 4 is 17.9 Å². The molecule has 0 bridgehead atoms. The van der Waals surface area contributed by atoms with Gasteiger partial charge >= 0.3 is 17.9 Å². The van der Waals surface area contributed by atoms with E-state index in [4.69, 9.17) is 28.4 Å². The standard InChI is InChI=1S/C15H22O9/c1-7(16)19-6-10(20-8(2)17)11-12-13(24-15(4,5)23-12)14(22-11)21-9(3)18/h10-14H,6H2,1-5H3/t10-,11-,12+,13+,14+/m1/s1. The van der Waals surface area contributed by atoms with E-state index in [1.54, 1.807) is 13.8 Å². The molecule has 2 fully saturated rings. The largest absolute Gasteiger partial charge is 0.462 e. The number of carbonyl (C=O) groups excluding carboxylic acids is 3. The Morgan fingerprint density at radius 1 is 1.00 bits per heavy atom. The smallest absolute Gasteiger partial charge is 0.305 e. The summed E-state index contributed by atoms with van der Waals surface area (Å²) >= 11 is 0. The molecule has 9 nitrogen and oxygen atoms in total. The monoisotopic (exact) mass is 346 g/mol. The first-order valence-electron chi connectivity index (χ1n) is 7.58. The molecule has 0 amide bonds. The number of ether oxygens (including phenoxy) is 6. The fourth-order valence-electron chi connectivity index (χ4n) is 2.76. The van der Waals surface area contributed by atoms with Gasteiger partial charge in [0.15, 0.2) is 18.0 Å². The van der Waals surface area contributed by atoms with Crippen LogP contribution in [-0.2, 0) is 42.8 Å². The molecule has 0 unspecified atom stereocenters. The minimum absolute atomic E-state index is 0.209. The molecule has 5 atom stereocenters. The van der Waals surface area contributed by atoms with Gasteiger partial charge in [0.05, 0.1) is 0 Å². The summed E-state index contributed by atoms with van der Waals surface area (Å²) in [6.07, 6.45) is -4.07. The average molecular weight is 346 g/mol. The molecular weight excluding hydrogens is 324 g/mol. The van der Waals surface area contributed by atoms with Crippen LogP contribution < -0.4 is 0 Å². The summed E-state index contributed by atoms with van der Waals surface area (Å²) in [5.74, 6) is -2.56. The second kappa shape index (κ2) is 7.04. The van der Waals surface area contributed by atoms with Crippen LogP contribution in [0.5, 0.6) is 0 Å². The van der Waals surface area contributed by atoms with Crippen molar-refractivity contribution in [2.24, 2.45) is 0 Å². The van der Waals surface area contributed by atoms with Crippen LogP contribution >= 0.6 is 0 Å². The third kappa shape index (κ3) is 4.43. The van der Waals surface area contributed by atoms with Crippen molar-refractivity contribution in [1.82, 2.24) is 0 Å². The van der Waals surface area contributed by atoms with Gasteiger partial charge in [0.25, 0.3) is 0 Å². The molecule has 0 saturated carbocycles. The van der Waals surface area contributed by atoms with E-state index in [9.17, 15) is 14.4 Å². The van der Waals surface area contributed by atoms with E-state index >= 15 is 0 Å². The Morgan fingerprint density at radius 3 is 2.17 bits per heavy atom. The molecule has 2 heterocycles. The van der Waals surface area contributed by atoms with E-state index < -0.39 is 54.4 Å². The molecule has 9 heteroatoms. The molecule has 0 N–H and O–H groups in total. The van der Waals surface area contributed by atoms with Crippen LogP contribution in [0.2, 0.25) is 0 Å². The Balaban J connectivity index is 2.19. The van der Waals surface area contributed by atoms with Gasteiger partial charge in [-0.25, -0.2) is 0 Å². The second-order valence-electron chi connectivity index (χ2n) is 6.09. The molecule has 2 aliphatic heterocycles.